The first-order valence-corrected chi connectivity index (χ1v) is 11.4. The van der Waals surface area contributed by atoms with E-state index in [9.17, 15) is 13.2 Å². The SMILES string of the molecule is COC(=O)c1ccc(CS(=O)(=O)NC(CCN2CCCC2)c2ccccc2)nc1. The maximum absolute atomic E-state index is 12.8. The van der Waals surface area contributed by atoms with Gasteiger partial charge in [0, 0.05) is 12.2 Å². The van der Waals surface area contributed by atoms with Crippen molar-refractivity contribution in [3.63, 3.8) is 0 Å². The average molecular weight is 418 g/mol. The average Bonchev–Trinajstić information content (AvgIpc) is 3.25. The second-order valence-electron chi connectivity index (χ2n) is 7.21. The van der Waals surface area contributed by atoms with Gasteiger partial charge >= 0.3 is 5.97 Å². The molecule has 7 nitrogen and oxygen atoms in total. The lowest BCUT2D eigenvalue weighted by Gasteiger charge is -2.22. The van der Waals surface area contributed by atoms with Crippen LogP contribution in [-0.4, -0.2) is 51.0 Å². The monoisotopic (exact) mass is 417 g/mol. The van der Waals surface area contributed by atoms with Crippen LogP contribution in [0.5, 0.6) is 0 Å². The summed E-state index contributed by atoms with van der Waals surface area (Å²) in [5.41, 5.74) is 1.61. The van der Waals surface area contributed by atoms with Crippen molar-refractivity contribution in [2.24, 2.45) is 0 Å². The number of nitrogens with zero attached hydrogens (tertiary/aromatic N) is 2. The molecule has 1 aromatic carbocycles. The Hall–Kier alpha value is -2.29. The Morgan fingerprint density at radius 3 is 2.52 bits per heavy atom. The largest absolute Gasteiger partial charge is 0.465 e. The zero-order valence-corrected chi connectivity index (χ0v) is 17.4. The Balaban J connectivity index is 1.68. The Morgan fingerprint density at radius 2 is 1.90 bits per heavy atom. The lowest BCUT2D eigenvalue weighted by molar-refractivity contribution is 0.0600. The number of likely N-dealkylation sites (tertiary alicyclic amines) is 1. The number of hydrogen-bond donors (Lipinski definition) is 1. The Labute approximate surface area is 172 Å². The number of methoxy groups -OCH3 is 1. The fraction of sp³-hybridized carbons (Fsp3) is 0.429. The first-order valence-electron chi connectivity index (χ1n) is 9.77. The summed E-state index contributed by atoms with van der Waals surface area (Å²) in [4.78, 5) is 18.0. The number of nitrogens with one attached hydrogen (secondary N) is 1. The van der Waals surface area contributed by atoms with Crippen molar-refractivity contribution in [1.29, 1.82) is 0 Å². The first kappa shape index (κ1) is 21.4. The number of aromatic nitrogens is 1. The molecule has 0 aliphatic carbocycles. The van der Waals surface area contributed by atoms with Crippen molar-refractivity contribution in [3.05, 3.63) is 65.5 Å². The minimum atomic E-state index is -3.61. The zero-order valence-electron chi connectivity index (χ0n) is 16.6. The van der Waals surface area contributed by atoms with Crippen LogP contribution in [0.2, 0.25) is 0 Å². The number of benzene rings is 1. The van der Waals surface area contributed by atoms with Gasteiger partial charge in [-0.2, -0.15) is 0 Å². The van der Waals surface area contributed by atoms with E-state index in [1.807, 2.05) is 30.3 Å². The summed E-state index contributed by atoms with van der Waals surface area (Å²) in [6, 6.07) is 12.4. The Morgan fingerprint density at radius 1 is 1.17 bits per heavy atom. The molecule has 1 aliphatic heterocycles. The van der Waals surface area contributed by atoms with E-state index in [-0.39, 0.29) is 17.4 Å². The Kier molecular flexibility index (Phi) is 7.35. The van der Waals surface area contributed by atoms with Gasteiger partial charge in [0.2, 0.25) is 10.0 Å². The molecule has 1 saturated heterocycles. The molecule has 0 radical (unpaired) electrons. The number of hydrogen-bond acceptors (Lipinski definition) is 6. The molecule has 1 aromatic heterocycles. The second kappa shape index (κ2) is 9.96. The van der Waals surface area contributed by atoms with Crippen LogP contribution in [0.3, 0.4) is 0 Å². The van der Waals surface area contributed by atoms with Crippen molar-refractivity contribution in [2.75, 3.05) is 26.7 Å². The van der Waals surface area contributed by atoms with Crippen molar-refractivity contribution in [3.8, 4) is 0 Å². The number of pyridine rings is 1. The zero-order chi connectivity index (χ0) is 20.7. The van der Waals surface area contributed by atoms with Gasteiger partial charge in [-0.15, -0.1) is 0 Å². The minimum absolute atomic E-state index is 0.249. The number of carbonyl (C=O) groups is 1. The van der Waals surface area contributed by atoms with Crippen molar-refractivity contribution in [2.45, 2.75) is 31.1 Å². The van der Waals surface area contributed by atoms with Gasteiger partial charge < -0.3 is 9.64 Å². The lowest BCUT2D eigenvalue weighted by Crippen LogP contribution is -2.33. The number of esters is 1. The molecule has 8 heteroatoms. The van der Waals surface area contributed by atoms with Gasteiger partial charge in [-0.3, -0.25) is 4.98 Å². The summed E-state index contributed by atoms with van der Waals surface area (Å²) < 4.78 is 33.1. The minimum Gasteiger partial charge on any atom is -0.465 e. The van der Waals surface area contributed by atoms with Gasteiger partial charge in [-0.25, -0.2) is 17.9 Å². The van der Waals surface area contributed by atoms with E-state index in [1.54, 1.807) is 0 Å². The van der Waals surface area contributed by atoms with E-state index < -0.39 is 16.0 Å². The summed E-state index contributed by atoms with van der Waals surface area (Å²) in [5.74, 6) is -0.752. The van der Waals surface area contributed by atoms with Gasteiger partial charge in [0.1, 0.15) is 5.75 Å². The van der Waals surface area contributed by atoms with Gasteiger partial charge in [-0.05, 0) is 56.6 Å². The van der Waals surface area contributed by atoms with E-state index in [0.29, 0.717) is 12.1 Å². The van der Waals surface area contributed by atoms with Gasteiger partial charge in [0.25, 0.3) is 0 Å². The van der Waals surface area contributed by atoms with Gasteiger partial charge in [-0.1, -0.05) is 30.3 Å². The van der Waals surface area contributed by atoms with Crippen molar-refractivity contribution >= 4 is 16.0 Å². The van der Waals surface area contributed by atoms with E-state index in [2.05, 4.69) is 19.3 Å². The molecule has 1 fully saturated rings. The van der Waals surface area contributed by atoms with E-state index in [1.165, 1.54) is 38.3 Å². The van der Waals surface area contributed by atoms with Crippen LogP contribution in [0.25, 0.3) is 0 Å². The predicted octanol–water partition coefficient (Wildman–Crippen LogP) is 2.51. The van der Waals surface area contributed by atoms with E-state index in [0.717, 1.165) is 25.2 Å². The van der Waals surface area contributed by atoms with Crippen molar-refractivity contribution < 1.29 is 17.9 Å². The highest BCUT2D eigenvalue weighted by molar-refractivity contribution is 7.88. The molecule has 1 unspecified atom stereocenters. The standard InChI is InChI=1S/C21H27N3O4S/c1-28-21(25)18-9-10-19(22-15-18)16-29(26,27)23-20(17-7-3-2-4-8-17)11-14-24-12-5-6-13-24/h2-4,7-10,15,20,23H,5-6,11-14,16H2,1H3. The van der Waals surface area contributed by atoms with E-state index in [4.69, 9.17) is 0 Å². The molecule has 2 heterocycles. The van der Waals surface area contributed by atoms with Crippen LogP contribution < -0.4 is 4.72 Å². The van der Waals surface area contributed by atoms with E-state index >= 15 is 0 Å². The number of carbonyl (C=O) groups excluding carboxylic acids is 1. The molecule has 3 rings (SSSR count). The van der Waals surface area contributed by atoms with Crippen molar-refractivity contribution in [1.82, 2.24) is 14.6 Å². The molecule has 1 aliphatic rings. The normalized spacial score (nSPS) is 15.9. The van der Waals surface area contributed by atoms with Crippen LogP contribution in [0.4, 0.5) is 0 Å². The molecule has 2 aromatic rings. The smallest absolute Gasteiger partial charge is 0.339 e. The number of rotatable bonds is 9. The molecule has 0 spiro atoms. The highest BCUT2D eigenvalue weighted by Crippen LogP contribution is 2.20. The first-order chi connectivity index (χ1) is 14.0. The quantitative estimate of drug-likeness (QED) is 0.631. The maximum atomic E-state index is 12.8. The Bertz CT molecular complexity index is 895. The molecule has 0 bridgehead atoms. The molecule has 1 N–H and O–H groups in total. The summed E-state index contributed by atoms with van der Waals surface area (Å²) in [6.45, 7) is 3.00. The highest BCUT2D eigenvalue weighted by Gasteiger charge is 2.22. The molecule has 1 atom stereocenters. The highest BCUT2D eigenvalue weighted by atomic mass is 32.2. The summed E-state index contributed by atoms with van der Waals surface area (Å²) in [7, 11) is -2.33. The lowest BCUT2D eigenvalue weighted by atomic mass is 10.0. The fourth-order valence-corrected chi connectivity index (χ4v) is 4.83. The van der Waals surface area contributed by atoms with Crippen LogP contribution in [0, 0.1) is 0 Å². The number of sulfonamides is 1. The van der Waals surface area contributed by atoms with Crippen LogP contribution in [0.1, 0.15) is 46.9 Å². The summed E-state index contributed by atoms with van der Waals surface area (Å²) >= 11 is 0. The topological polar surface area (TPSA) is 88.6 Å². The third-order valence-corrected chi connectivity index (χ3v) is 6.36. The second-order valence-corrected chi connectivity index (χ2v) is 8.96. The third-order valence-electron chi connectivity index (χ3n) is 5.04. The van der Waals surface area contributed by atoms with Gasteiger partial charge in [0.05, 0.1) is 18.4 Å². The molecule has 156 valence electrons. The molecular formula is C21H27N3O4S. The molecule has 29 heavy (non-hydrogen) atoms. The summed E-state index contributed by atoms with van der Waals surface area (Å²) in [6.07, 6.45) is 4.45. The third kappa shape index (κ3) is 6.35. The van der Waals surface area contributed by atoms with Gasteiger partial charge in [0.15, 0.2) is 0 Å². The molecule has 0 amide bonds. The van der Waals surface area contributed by atoms with Crippen LogP contribution in [-0.2, 0) is 20.5 Å². The summed E-state index contributed by atoms with van der Waals surface area (Å²) in [5, 5.41) is 0. The predicted molar refractivity (Wildman–Crippen MR) is 111 cm³/mol. The number of ether oxygens (including phenoxy) is 1. The van der Waals surface area contributed by atoms with Crippen LogP contribution in [0.15, 0.2) is 48.7 Å². The fourth-order valence-electron chi connectivity index (χ4n) is 3.50. The maximum Gasteiger partial charge on any atom is 0.339 e. The molecular weight excluding hydrogens is 390 g/mol. The van der Waals surface area contributed by atoms with Crippen LogP contribution >= 0.6 is 0 Å². The molecule has 0 saturated carbocycles.